The Balaban J connectivity index is 1.79. The average molecular weight is 306 g/mol. The van der Waals surface area contributed by atoms with E-state index in [0.29, 0.717) is 11.5 Å². The Kier molecular flexibility index (Phi) is 4.24. The van der Waals surface area contributed by atoms with Crippen LogP contribution in [-0.4, -0.2) is 23.0 Å². The van der Waals surface area contributed by atoms with Gasteiger partial charge in [-0.3, -0.25) is 4.79 Å². The van der Waals surface area contributed by atoms with Crippen molar-refractivity contribution in [3.05, 3.63) is 78.0 Å². The van der Waals surface area contributed by atoms with E-state index in [2.05, 4.69) is 5.16 Å². The minimum Gasteiger partial charge on any atom is -0.355 e. The highest BCUT2D eigenvalue weighted by Gasteiger charge is 2.22. The standard InChI is InChI=1S/C19H18N2O2/c1-14(15-9-5-3-6-10-15)21(2)19(22)17-13-18(23-20-17)16-11-7-4-8-12-16/h3-14H,1-2H3/t14-/m1/s1. The molecule has 0 aliphatic rings. The third kappa shape index (κ3) is 3.16. The third-order valence-corrected chi connectivity index (χ3v) is 3.97. The minimum atomic E-state index is -0.160. The lowest BCUT2D eigenvalue weighted by atomic mass is 10.1. The van der Waals surface area contributed by atoms with Crippen LogP contribution in [0.4, 0.5) is 0 Å². The number of carbonyl (C=O) groups is 1. The fourth-order valence-electron chi connectivity index (χ4n) is 2.43. The molecule has 0 bridgehead atoms. The van der Waals surface area contributed by atoms with Gasteiger partial charge in [0.05, 0.1) is 6.04 Å². The van der Waals surface area contributed by atoms with Gasteiger partial charge in [-0.05, 0) is 12.5 Å². The van der Waals surface area contributed by atoms with Crippen LogP contribution < -0.4 is 0 Å². The normalized spacial score (nSPS) is 11.9. The first-order chi connectivity index (χ1) is 11.2. The molecule has 1 atom stereocenters. The van der Waals surface area contributed by atoms with Crippen LogP contribution in [0.5, 0.6) is 0 Å². The Morgan fingerprint density at radius 1 is 1.04 bits per heavy atom. The zero-order chi connectivity index (χ0) is 16.2. The lowest BCUT2D eigenvalue weighted by Crippen LogP contribution is -2.29. The van der Waals surface area contributed by atoms with E-state index in [9.17, 15) is 4.79 Å². The number of hydrogen-bond acceptors (Lipinski definition) is 3. The second-order valence-electron chi connectivity index (χ2n) is 5.45. The quantitative estimate of drug-likeness (QED) is 0.726. The number of carbonyl (C=O) groups excluding carboxylic acids is 1. The van der Waals surface area contributed by atoms with Gasteiger partial charge in [-0.2, -0.15) is 0 Å². The Morgan fingerprint density at radius 2 is 1.65 bits per heavy atom. The van der Waals surface area contributed by atoms with Crippen molar-refractivity contribution in [3.63, 3.8) is 0 Å². The van der Waals surface area contributed by atoms with Crippen molar-refractivity contribution >= 4 is 5.91 Å². The Labute approximate surface area is 135 Å². The van der Waals surface area contributed by atoms with Gasteiger partial charge in [0.15, 0.2) is 11.5 Å². The van der Waals surface area contributed by atoms with Gasteiger partial charge in [-0.1, -0.05) is 65.8 Å². The van der Waals surface area contributed by atoms with Crippen molar-refractivity contribution in [1.29, 1.82) is 0 Å². The van der Waals surface area contributed by atoms with Crippen LogP contribution in [0.25, 0.3) is 11.3 Å². The van der Waals surface area contributed by atoms with Gasteiger partial charge in [-0.25, -0.2) is 0 Å². The van der Waals surface area contributed by atoms with Crippen LogP contribution in [0, 0.1) is 0 Å². The number of benzene rings is 2. The number of hydrogen-bond donors (Lipinski definition) is 0. The Bertz CT molecular complexity index is 781. The fourth-order valence-corrected chi connectivity index (χ4v) is 2.43. The monoisotopic (exact) mass is 306 g/mol. The van der Waals surface area contributed by atoms with E-state index >= 15 is 0 Å². The molecule has 1 heterocycles. The second kappa shape index (κ2) is 6.48. The molecule has 0 fully saturated rings. The van der Waals surface area contributed by atoms with Crippen LogP contribution in [0.3, 0.4) is 0 Å². The largest absolute Gasteiger partial charge is 0.355 e. The SMILES string of the molecule is C[C@H](c1ccccc1)N(C)C(=O)c1cc(-c2ccccc2)on1. The predicted octanol–water partition coefficient (Wildman–Crippen LogP) is 4.17. The fraction of sp³-hybridized carbons (Fsp3) is 0.158. The molecule has 3 aromatic rings. The van der Waals surface area contributed by atoms with Crippen molar-refractivity contribution in [2.24, 2.45) is 0 Å². The summed E-state index contributed by atoms with van der Waals surface area (Å²) in [6.45, 7) is 1.99. The highest BCUT2D eigenvalue weighted by Crippen LogP contribution is 2.23. The molecule has 0 N–H and O–H groups in total. The van der Waals surface area contributed by atoms with Gasteiger partial charge < -0.3 is 9.42 Å². The van der Waals surface area contributed by atoms with Gasteiger partial charge in [0.25, 0.3) is 5.91 Å². The predicted molar refractivity (Wildman–Crippen MR) is 88.9 cm³/mol. The van der Waals surface area contributed by atoms with E-state index in [-0.39, 0.29) is 11.9 Å². The average Bonchev–Trinajstić information content (AvgIpc) is 3.11. The molecule has 2 aromatic carbocycles. The highest BCUT2D eigenvalue weighted by molar-refractivity contribution is 5.93. The molecule has 3 rings (SSSR count). The maximum atomic E-state index is 12.6. The van der Waals surface area contributed by atoms with Crippen LogP contribution >= 0.6 is 0 Å². The molecule has 4 heteroatoms. The summed E-state index contributed by atoms with van der Waals surface area (Å²) in [4.78, 5) is 14.3. The van der Waals surface area contributed by atoms with Crippen molar-refractivity contribution < 1.29 is 9.32 Å². The van der Waals surface area contributed by atoms with Gasteiger partial charge in [-0.15, -0.1) is 0 Å². The number of rotatable bonds is 4. The first kappa shape index (κ1) is 15.0. The molecule has 1 aromatic heterocycles. The summed E-state index contributed by atoms with van der Waals surface area (Å²) in [6, 6.07) is 21.2. The molecule has 0 unspecified atom stereocenters. The molecule has 0 spiro atoms. The molecule has 116 valence electrons. The second-order valence-corrected chi connectivity index (χ2v) is 5.45. The van der Waals surface area contributed by atoms with E-state index in [1.807, 2.05) is 67.6 Å². The van der Waals surface area contributed by atoms with Crippen LogP contribution in [-0.2, 0) is 0 Å². The molecule has 4 nitrogen and oxygen atoms in total. The van der Waals surface area contributed by atoms with Gasteiger partial charge in [0, 0.05) is 18.7 Å². The van der Waals surface area contributed by atoms with Gasteiger partial charge in [0.1, 0.15) is 0 Å². The first-order valence-corrected chi connectivity index (χ1v) is 7.51. The molecule has 23 heavy (non-hydrogen) atoms. The summed E-state index contributed by atoms with van der Waals surface area (Å²) in [5, 5.41) is 3.92. The third-order valence-electron chi connectivity index (χ3n) is 3.97. The van der Waals surface area contributed by atoms with E-state index in [1.165, 1.54) is 0 Å². The minimum absolute atomic E-state index is 0.0411. The van der Waals surface area contributed by atoms with Crippen molar-refractivity contribution in [3.8, 4) is 11.3 Å². The summed E-state index contributed by atoms with van der Waals surface area (Å²) in [7, 11) is 1.77. The molecular formula is C19H18N2O2. The zero-order valence-corrected chi connectivity index (χ0v) is 13.1. The lowest BCUT2D eigenvalue weighted by Gasteiger charge is -2.24. The lowest BCUT2D eigenvalue weighted by molar-refractivity contribution is 0.0732. The van der Waals surface area contributed by atoms with Gasteiger partial charge >= 0.3 is 0 Å². The summed E-state index contributed by atoms with van der Waals surface area (Å²) in [5.41, 5.74) is 2.29. The maximum absolute atomic E-state index is 12.6. The van der Waals surface area contributed by atoms with Crippen molar-refractivity contribution in [2.45, 2.75) is 13.0 Å². The molecule has 0 aliphatic heterocycles. The molecule has 0 saturated heterocycles. The number of nitrogens with zero attached hydrogens (tertiary/aromatic N) is 2. The van der Waals surface area contributed by atoms with Crippen LogP contribution in [0.2, 0.25) is 0 Å². The molecule has 0 saturated carbocycles. The topological polar surface area (TPSA) is 46.3 Å². The van der Waals surface area contributed by atoms with Crippen molar-refractivity contribution in [2.75, 3.05) is 7.05 Å². The molecular weight excluding hydrogens is 288 g/mol. The van der Waals surface area contributed by atoms with Crippen LogP contribution in [0.1, 0.15) is 29.0 Å². The van der Waals surface area contributed by atoms with Crippen molar-refractivity contribution in [1.82, 2.24) is 10.1 Å². The van der Waals surface area contributed by atoms with Gasteiger partial charge in [0.2, 0.25) is 0 Å². The summed E-state index contributed by atoms with van der Waals surface area (Å²) < 4.78 is 5.31. The Hall–Kier alpha value is -2.88. The summed E-state index contributed by atoms with van der Waals surface area (Å²) in [6.07, 6.45) is 0. The maximum Gasteiger partial charge on any atom is 0.276 e. The number of amides is 1. The summed E-state index contributed by atoms with van der Waals surface area (Å²) in [5.74, 6) is 0.432. The summed E-state index contributed by atoms with van der Waals surface area (Å²) >= 11 is 0. The molecule has 1 amide bonds. The van der Waals surface area contributed by atoms with E-state index in [4.69, 9.17) is 4.52 Å². The molecule has 0 aliphatic carbocycles. The van der Waals surface area contributed by atoms with E-state index < -0.39 is 0 Å². The zero-order valence-electron chi connectivity index (χ0n) is 13.1. The molecule has 0 radical (unpaired) electrons. The first-order valence-electron chi connectivity index (χ1n) is 7.51. The smallest absolute Gasteiger partial charge is 0.276 e. The Morgan fingerprint density at radius 3 is 2.30 bits per heavy atom. The van der Waals surface area contributed by atoms with E-state index in [0.717, 1.165) is 11.1 Å². The number of aromatic nitrogens is 1. The van der Waals surface area contributed by atoms with Crippen LogP contribution in [0.15, 0.2) is 71.3 Å². The highest BCUT2D eigenvalue weighted by atomic mass is 16.5. The van der Waals surface area contributed by atoms with E-state index in [1.54, 1.807) is 18.0 Å².